The van der Waals surface area contributed by atoms with Gasteiger partial charge < -0.3 is 21.5 Å². The summed E-state index contributed by atoms with van der Waals surface area (Å²) in [6, 6.07) is 5.72. The fourth-order valence-corrected chi connectivity index (χ4v) is 5.03. The second-order valence-electron chi connectivity index (χ2n) is 7.16. The molecule has 0 amide bonds. The molecule has 8 heteroatoms. The van der Waals surface area contributed by atoms with Crippen LogP contribution in [0.1, 0.15) is 29.7 Å². The van der Waals surface area contributed by atoms with Crippen LogP contribution >= 0.6 is 24.0 Å². The van der Waals surface area contributed by atoms with Crippen molar-refractivity contribution in [1.29, 1.82) is 0 Å². The third-order valence-electron chi connectivity index (χ3n) is 5.08. The number of anilines is 3. The Hall–Kier alpha value is -1.87. The molecule has 28 heavy (non-hydrogen) atoms. The van der Waals surface area contributed by atoms with Gasteiger partial charge in [0, 0.05) is 27.7 Å². The summed E-state index contributed by atoms with van der Waals surface area (Å²) >= 11 is 6.18. The van der Waals surface area contributed by atoms with Gasteiger partial charge in [-0.05, 0) is 62.4 Å². The predicted molar refractivity (Wildman–Crippen MR) is 119 cm³/mol. The monoisotopic (exact) mass is 415 g/mol. The van der Waals surface area contributed by atoms with Gasteiger partial charge in [0.15, 0.2) is 0 Å². The molecule has 2 aromatic heterocycles. The fourth-order valence-electron chi connectivity index (χ4n) is 3.58. The Balaban J connectivity index is 0.000000275. The number of nitrogens with two attached hydrogens (primary N) is 1. The standard InChI is InChI=1S/C16H16N4S2.C4H9NO/c17-11-6-5-9(7-12(11)21)20-15-14-10-3-1-2-4-13(10)22-16(14)19-8-18-15;6-4-1-2-5-3-4/h5-8,21H,1-4,17H2,(H,18,19,20);4-6H,1-3H2. The van der Waals surface area contributed by atoms with Crippen molar-refractivity contribution in [2.24, 2.45) is 0 Å². The summed E-state index contributed by atoms with van der Waals surface area (Å²) < 4.78 is 0. The zero-order chi connectivity index (χ0) is 19.5. The average molecular weight is 416 g/mol. The molecule has 1 atom stereocenters. The van der Waals surface area contributed by atoms with Crippen LogP contribution in [0.2, 0.25) is 0 Å². The summed E-state index contributed by atoms with van der Waals surface area (Å²) in [5, 5.41) is 16.3. The highest BCUT2D eigenvalue weighted by Crippen LogP contribution is 2.39. The smallest absolute Gasteiger partial charge is 0.142 e. The second-order valence-corrected chi connectivity index (χ2v) is 8.72. The Bertz CT molecular complexity index is 969. The van der Waals surface area contributed by atoms with Crippen LogP contribution < -0.4 is 16.4 Å². The molecule has 3 aromatic rings. The van der Waals surface area contributed by atoms with Crippen LogP contribution in [0.15, 0.2) is 29.4 Å². The number of hydrogen-bond donors (Lipinski definition) is 5. The summed E-state index contributed by atoms with van der Waals surface area (Å²) in [6.07, 6.45) is 7.30. The first kappa shape index (κ1) is 19.4. The highest BCUT2D eigenvalue weighted by molar-refractivity contribution is 7.80. The lowest BCUT2D eigenvalue weighted by Crippen LogP contribution is -2.11. The summed E-state index contributed by atoms with van der Waals surface area (Å²) in [6.45, 7) is 1.78. The Morgan fingerprint density at radius 3 is 2.82 bits per heavy atom. The van der Waals surface area contributed by atoms with Crippen LogP contribution in [0, 0.1) is 0 Å². The molecule has 1 aliphatic heterocycles. The molecule has 0 saturated carbocycles. The number of rotatable bonds is 2. The molecule has 0 bridgehead atoms. The molecule has 1 aromatic carbocycles. The molecule has 2 aliphatic rings. The zero-order valence-corrected chi connectivity index (χ0v) is 17.3. The van der Waals surface area contributed by atoms with Gasteiger partial charge in [-0.3, -0.25) is 0 Å². The lowest BCUT2D eigenvalue weighted by atomic mass is 9.97. The molecule has 5 rings (SSSR count). The number of hydrogen-bond acceptors (Lipinski definition) is 8. The highest BCUT2D eigenvalue weighted by Gasteiger charge is 2.19. The van der Waals surface area contributed by atoms with Gasteiger partial charge in [-0.1, -0.05) is 0 Å². The lowest BCUT2D eigenvalue weighted by Gasteiger charge is -2.13. The van der Waals surface area contributed by atoms with Crippen molar-refractivity contribution < 1.29 is 5.11 Å². The number of nitrogen functional groups attached to an aromatic ring is 1. The summed E-state index contributed by atoms with van der Waals surface area (Å²) in [5.41, 5.74) is 8.86. The van der Waals surface area contributed by atoms with Crippen LogP contribution in [-0.4, -0.2) is 34.3 Å². The number of aliphatic hydroxyl groups is 1. The van der Waals surface area contributed by atoms with Gasteiger partial charge in [0.2, 0.25) is 0 Å². The Morgan fingerprint density at radius 2 is 2.11 bits per heavy atom. The van der Waals surface area contributed by atoms with E-state index in [2.05, 4.69) is 33.2 Å². The minimum Gasteiger partial charge on any atom is -0.398 e. The number of nitrogens with zero attached hydrogens (tertiary/aromatic N) is 2. The summed E-state index contributed by atoms with van der Waals surface area (Å²) in [7, 11) is 0. The number of fused-ring (bicyclic) bond motifs is 3. The lowest BCUT2D eigenvalue weighted by molar-refractivity contribution is 0.196. The van der Waals surface area contributed by atoms with E-state index in [1.165, 1.54) is 35.1 Å². The Morgan fingerprint density at radius 1 is 1.25 bits per heavy atom. The molecule has 6 nitrogen and oxygen atoms in total. The molecule has 0 radical (unpaired) electrons. The number of thiol groups is 1. The minimum atomic E-state index is -0.0648. The molecule has 0 spiro atoms. The molecule has 1 unspecified atom stereocenters. The zero-order valence-electron chi connectivity index (χ0n) is 15.6. The van der Waals surface area contributed by atoms with Crippen LogP contribution in [-0.2, 0) is 12.8 Å². The normalized spacial score (nSPS) is 18.4. The average Bonchev–Trinajstić information content (AvgIpc) is 3.32. The maximum Gasteiger partial charge on any atom is 0.142 e. The molecular weight excluding hydrogens is 390 g/mol. The third kappa shape index (κ3) is 4.25. The van der Waals surface area contributed by atoms with Crippen molar-refractivity contribution in [2.75, 3.05) is 24.1 Å². The molecule has 1 saturated heterocycles. The van der Waals surface area contributed by atoms with E-state index in [-0.39, 0.29) is 6.10 Å². The van der Waals surface area contributed by atoms with Gasteiger partial charge in [-0.25, -0.2) is 9.97 Å². The number of aryl methyl sites for hydroxylation is 2. The quantitative estimate of drug-likeness (QED) is 0.325. The van der Waals surface area contributed by atoms with Crippen molar-refractivity contribution in [3.8, 4) is 0 Å². The van der Waals surface area contributed by atoms with E-state index in [1.54, 1.807) is 17.7 Å². The largest absolute Gasteiger partial charge is 0.398 e. The van der Waals surface area contributed by atoms with Crippen molar-refractivity contribution in [3.05, 3.63) is 35.0 Å². The van der Waals surface area contributed by atoms with E-state index in [0.717, 1.165) is 47.2 Å². The van der Waals surface area contributed by atoms with Gasteiger partial charge in [-0.2, -0.15) is 0 Å². The molecule has 5 N–H and O–H groups in total. The van der Waals surface area contributed by atoms with E-state index >= 15 is 0 Å². The maximum absolute atomic E-state index is 8.67. The Kier molecular flexibility index (Phi) is 6.01. The molecule has 3 heterocycles. The van der Waals surface area contributed by atoms with E-state index in [4.69, 9.17) is 10.8 Å². The van der Waals surface area contributed by atoms with E-state index in [1.807, 2.05) is 18.2 Å². The molecule has 148 valence electrons. The van der Waals surface area contributed by atoms with Crippen molar-refractivity contribution in [2.45, 2.75) is 43.1 Å². The van der Waals surface area contributed by atoms with Crippen molar-refractivity contribution in [1.82, 2.24) is 15.3 Å². The van der Waals surface area contributed by atoms with E-state index in [9.17, 15) is 0 Å². The van der Waals surface area contributed by atoms with E-state index < -0.39 is 0 Å². The van der Waals surface area contributed by atoms with Crippen LogP contribution in [0.25, 0.3) is 10.2 Å². The number of aliphatic hydroxyl groups excluding tert-OH is 1. The number of β-amino-alcohol motifs (C(OH)–C–C–N with tert-alkyl or cyclic N) is 1. The van der Waals surface area contributed by atoms with Gasteiger partial charge >= 0.3 is 0 Å². The first-order valence-corrected chi connectivity index (χ1v) is 10.9. The SMILES string of the molecule is Nc1ccc(Nc2ncnc3sc4c(c23)CCCC4)cc1S.OC1CCNC1. The third-order valence-corrected chi connectivity index (χ3v) is 6.67. The van der Waals surface area contributed by atoms with Crippen LogP contribution in [0.4, 0.5) is 17.2 Å². The maximum atomic E-state index is 8.67. The van der Waals surface area contributed by atoms with Gasteiger partial charge in [0.05, 0.1) is 11.5 Å². The van der Waals surface area contributed by atoms with Gasteiger partial charge in [-0.15, -0.1) is 24.0 Å². The van der Waals surface area contributed by atoms with Crippen molar-refractivity contribution >= 4 is 51.4 Å². The van der Waals surface area contributed by atoms with Crippen molar-refractivity contribution in [3.63, 3.8) is 0 Å². The number of nitrogens with one attached hydrogen (secondary N) is 2. The first-order valence-electron chi connectivity index (χ1n) is 9.61. The predicted octanol–water partition coefficient (Wildman–Crippen LogP) is 3.53. The summed E-state index contributed by atoms with van der Waals surface area (Å²) in [5.74, 6) is 0.877. The molecular formula is C20H25N5OS2. The first-order chi connectivity index (χ1) is 13.6. The molecule has 1 fully saturated rings. The van der Waals surface area contributed by atoms with Gasteiger partial charge in [0.25, 0.3) is 0 Å². The van der Waals surface area contributed by atoms with Crippen LogP contribution in [0.3, 0.4) is 0 Å². The van der Waals surface area contributed by atoms with E-state index in [0.29, 0.717) is 5.69 Å². The Labute approximate surface area is 174 Å². The summed E-state index contributed by atoms with van der Waals surface area (Å²) in [4.78, 5) is 12.2. The van der Waals surface area contributed by atoms with Gasteiger partial charge in [0.1, 0.15) is 17.0 Å². The topological polar surface area (TPSA) is 96.1 Å². The fraction of sp³-hybridized carbons (Fsp3) is 0.400. The number of aromatic nitrogens is 2. The number of thiophene rings is 1. The molecule has 1 aliphatic carbocycles. The minimum absolute atomic E-state index is 0.0648. The second kappa shape index (κ2) is 8.65. The van der Waals surface area contributed by atoms with Crippen LogP contribution in [0.5, 0.6) is 0 Å². The highest BCUT2D eigenvalue weighted by atomic mass is 32.1. The number of benzene rings is 1.